The Kier molecular flexibility index (Phi) is 4.50. The average molecular weight is 338 g/mol. The van der Waals surface area contributed by atoms with Gasteiger partial charge in [0.05, 0.1) is 13.7 Å². The fraction of sp³-hybridized carbons (Fsp3) is 0.400. The molecule has 2 N–H and O–H groups in total. The van der Waals surface area contributed by atoms with Crippen LogP contribution in [-0.2, 0) is 6.54 Å². The molecule has 2 aromatic rings. The number of ether oxygens (including phenoxy) is 1. The van der Waals surface area contributed by atoms with Crippen LogP contribution in [0.2, 0.25) is 0 Å². The number of nitrogens with one attached hydrogen (secondary N) is 2. The standard InChI is InChI=1S/C15H20BrN3O/c1-8-6-11(9(2)10(3)14(8)20-5)13-15(16)19-12(18-13)7-17-4/h6,17H,7H2,1-5H3,(H,18,19). The minimum atomic E-state index is 0.714. The number of nitrogens with zero attached hydrogens (tertiary/aromatic N) is 1. The number of rotatable bonds is 4. The second kappa shape index (κ2) is 5.97. The second-order valence-corrected chi connectivity index (χ2v) is 5.69. The average Bonchev–Trinajstić information content (AvgIpc) is 2.76. The molecule has 0 spiro atoms. The second-order valence-electron chi connectivity index (χ2n) is 4.90. The molecule has 4 nitrogen and oxygen atoms in total. The smallest absolute Gasteiger partial charge is 0.124 e. The molecular weight excluding hydrogens is 318 g/mol. The van der Waals surface area contributed by atoms with Crippen LogP contribution in [0.3, 0.4) is 0 Å². The molecule has 0 unspecified atom stereocenters. The Morgan fingerprint density at radius 1 is 1.30 bits per heavy atom. The van der Waals surface area contributed by atoms with Crippen LogP contribution in [0.5, 0.6) is 5.75 Å². The van der Waals surface area contributed by atoms with Gasteiger partial charge in [-0.25, -0.2) is 4.98 Å². The Hall–Kier alpha value is -1.33. The molecule has 0 saturated heterocycles. The van der Waals surface area contributed by atoms with E-state index in [9.17, 15) is 0 Å². The summed E-state index contributed by atoms with van der Waals surface area (Å²) in [6, 6.07) is 2.13. The van der Waals surface area contributed by atoms with Gasteiger partial charge in [-0.15, -0.1) is 0 Å². The van der Waals surface area contributed by atoms with Crippen LogP contribution in [0.15, 0.2) is 10.7 Å². The van der Waals surface area contributed by atoms with Crippen molar-refractivity contribution in [3.05, 3.63) is 33.2 Å². The van der Waals surface area contributed by atoms with Crippen LogP contribution in [0.4, 0.5) is 0 Å². The molecule has 0 aliphatic rings. The molecular formula is C15H20BrN3O. The zero-order valence-corrected chi connectivity index (χ0v) is 14.1. The molecule has 108 valence electrons. The summed E-state index contributed by atoms with van der Waals surface area (Å²) in [5, 5.41) is 3.10. The summed E-state index contributed by atoms with van der Waals surface area (Å²) in [5.74, 6) is 1.87. The maximum absolute atomic E-state index is 5.47. The third-order valence-electron chi connectivity index (χ3n) is 3.54. The van der Waals surface area contributed by atoms with E-state index < -0.39 is 0 Å². The summed E-state index contributed by atoms with van der Waals surface area (Å²) in [6.07, 6.45) is 0. The Bertz CT molecular complexity index is 635. The summed E-state index contributed by atoms with van der Waals surface area (Å²) in [7, 11) is 3.62. The van der Waals surface area contributed by atoms with E-state index in [4.69, 9.17) is 4.74 Å². The highest BCUT2D eigenvalue weighted by atomic mass is 79.9. The predicted molar refractivity (Wildman–Crippen MR) is 85.3 cm³/mol. The third-order valence-corrected chi connectivity index (χ3v) is 4.11. The van der Waals surface area contributed by atoms with Gasteiger partial charge in [-0.3, -0.25) is 0 Å². The lowest BCUT2D eigenvalue weighted by Gasteiger charge is -2.14. The lowest BCUT2D eigenvalue weighted by molar-refractivity contribution is 0.408. The van der Waals surface area contributed by atoms with Gasteiger partial charge in [0.2, 0.25) is 0 Å². The first kappa shape index (κ1) is 15.1. The Morgan fingerprint density at radius 2 is 2.00 bits per heavy atom. The van der Waals surface area contributed by atoms with E-state index in [1.807, 2.05) is 7.05 Å². The number of halogens is 1. The molecule has 0 atom stereocenters. The highest BCUT2D eigenvalue weighted by Gasteiger charge is 2.17. The number of benzene rings is 1. The summed E-state index contributed by atoms with van der Waals surface area (Å²) in [6.45, 7) is 6.96. The maximum Gasteiger partial charge on any atom is 0.124 e. The minimum Gasteiger partial charge on any atom is -0.496 e. The molecule has 0 bridgehead atoms. The number of hydrogen-bond acceptors (Lipinski definition) is 3. The summed E-state index contributed by atoms with van der Waals surface area (Å²) in [4.78, 5) is 7.91. The van der Waals surface area contributed by atoms with Gasteiger partial charge in [-0.2, -0.15) is 0 Å². The Balaban J connectivity index is 2.58. The van der Waals surface area contributed by atoms with Crippen LogP contribution in [0, 0.1) is 20.8 Å². The van der Waals surface area contributed by atoms with Crippen molar-refractivity contribution in [2.75, 3.05) is 14.2 Å². The third kappa shape index (κ3) is 2.60. The van der Waals surface area contributed by atoms with E-state index in [2.05, 4.69) is 58.1 Å². The molecule has 5 heteroatoms. The van der Waals surface area contributed by atoms with Crippen LogP contribution in [-0.4, -0.2) is 24.1 Å². The van der Waals surface area contributed by atoms with E-state index in [1.54, 1.807) is 7.11 Å². The summed E-state index contributed by atoms with van der Waals surface area (Å²) < 4.78 is 6.38. The quantitative estimate of drug-likeness (QED) is 0.897. The van der Waals surface area contributed by atoms with E-state index in [0.717, 1.165) is 38.6 Å². The monoisotopic (exact) mass is 337 g/mol. The molecule has 1 heterocycles. The summed E-state index contributed by atoms with van der Waals surface area (Å²) in [5.41, 5.74) is 5.55. The molecule has 0 amide bonds. The van der Waals surface area contributed by atoms with Gasteiger partial charge in [0.1, 0.15) is 21.9 Å². The summed E-state index contributed by atoms with van der Waals surface area (Å²) >= 11 is 3.57. The van der Waals surface area contributed by atoms with Gasteiger partial charge < -0.3 is 15.0 Å². The number of aromatic amines is 1. The van der Waals surface area contributed by atoms with Crippen molar-refractivity contribution in [1.82, 2.24) is 15.3 Å². The number of aromatic nitrogens is 2. The van der Waals surface area contributed by atoms with Crippen molar-refractivity contribution in [2.45, 2.75) is 27.3 Å². The molecule has 0 radical (unpaired) electrons. The molecule has 20 heavy (non-hydrogen) atoms. The van der Waals surface area contributed by atoms with Crippen molar-refractivity contribution in [2.24, 2.45) is 0 Å². The minimum absolute atomic E-state index is 0.714. The molecule has 1 aromatic heterocycles. The van der Waals surface area contributed by atoms with E-state index in [0.29, 0.717) is 6.54 Å². The van der Waals surface area contributed by atoms with Gasteiger partial charge in [0, 0.05) is 5.56 Å². The number of hydrogen-bond donors (Lipinski definition) is 2. The van der Waals surface area contributed by atoms with Crippen LogP contribution in [0.25, 0.3) is 11.3 Å². The lowest BCUT2D eigenvalue weighted by atomic mass is 9.97. The maximum atomic E-state index is 5.47. The SMILES string of the molecule is CNCc1nc(-c2cc(C)c(OC)c(C)c2C)c(Br)[nH]1. The predicted octanol–water partition coefficient (Wildman–Crippen LogP) is 3.49. The van der Waals surface area contributed by atoms with E-state index in [-0.39, 0.29) is 0 Å². The molecule has 0 aliphatic carbocycles. The number of methoxy groups -OCH3 is 1. The fourth-order valence-corrected chi connectivity index (χ4v) is 2.98. The van der Waals surface area contributed by atoms with Crippen LogP contribution in [0.1, 0.15) is 22.5 Å². The Labute approximate surface area is 128 Å². The topological polar surface area (TPSA) is 49.9 Å². The van der Waals surface area contributed by atoms with E-state index >= 15 is 0 Å². The highest BCUT2D eigenvalue weighted by Crippen LogP contribution is 2.36. The van der Waals surface area contributed by atoms with Crippen molar-refractivity contribution in [3.8, 4) is 17.0 Å². The van der Waals surface area contributed by atoms with Crippen LogP contribution >= 0.6 is 15.9 Å². The largest absolute Gasteiger partial charge is 0.496 e. The van der Waals surface area contributed by atoms with Crippen molar-refractivity contribution in [3.63, 3.8) is 0 Å². The van der Waals surface area contributed by atoms with Crippen molar-refractivity contribution in [1.29, 1.82) is 0 Å². The normalized spacial score (nSPS) is 10.9. The molecule has 1 aromatic carbocycles. The van der Waals surface area contributed by atoms with Gasteiger partial charge in [-0.1, -0.05) is 0 Å². The molecule has 0 aliphatic heterocycles. The lowest BCUT2D eigenvalue weighted by Crippen LogP contribution is -2.06. The van der Waals surface area contributed by atoms with Gasteiger partial charge in [0.15, 0.2) is 0 Å². The van der Waals surface area contributed by atoms with Crippen molar-refractivity contribution < 1.29 is 4.74 Å². The first-order valence-electron chi connectivity index (χ1n) is 6.53. The van der Waals surface area contributed by atoms with Gasteiger partial charge in [-0.05, 0) is 66.5 Å². The van der Waals surface area contributed by atoms with Crippen molar-refractivity contribution >= 4 is 15.9 Å². The number of H-pyrrole nitrogens is 1. The molecule has 2 rings (SSSR count). The zero-order chi connectivity index (χ0) is 14.9. The Morgan fingerprint density at radius 3 is 2.60 bits per heavy atom. The number of aryl methyl sites for hydroxylation is 1. The van der Waals surface area contributed by atoms with Crippen LogP contribution < -0.4 is 10.1 Å². The highest BCUT2D eigenvalue weighted by molar-refractivity contribution is 9.10. The number of imidazole rings is 1. The first-order chi connectivity index (χ1) is 9.49. The zero-order valence-electron chi connectivity index (χ0n) is 12.5. The fourth-order valence-electron chi connectivity index (χ4n) is 2.45. The van der Waals surface area contributed by atoms with Gasteiger partial charge in [0.25, 0.3) is 0 Å². The first-order valence-corrected chi connectivity index (χ1v) is 7.33. The van der Waals surface area contributed by atoms with Gasteiger partial charge >= 0.3 is 0 Å². The van der Waals surface area contributed by atoms with E-state index in [1.165, 1.54) is 5.56 Å². The molecule has 0 saturated carbocycles. The molecule has 0 fully saturated rings.